The molecule has 2 unspecified atom stereocenters. The van der Waals surface area contributed by atoms with Gasteiger partial charge in [-0.3, -0.25) is 4.79 Å². The van der Waals surface area contributed by atoms with Crippen LogP contribution in [0, 0.1) is 5.92 Å². The molecule has 1 rings (SSSR count). The van der Waals surface area contributed by atoms with Crippen LogP contribution in [0.25, 0.3) is 0 Å². The molecule has 0 saturated carbocycles. The first-order valence-electron chi connectivity index (χ1n) is 10.1. The predicted molar refractivity (Wildman–Crippen MR) is 98.6 cm³/mol. The van der Waals surface area contributed by atoms with Gasteiger partial charge in [0.05, 0.1) is 0 Å². The Balaban J connectivity index is 2.32. The summed E-state index contributed by atoms with van der Waals surface area (Å²) in [5.41, 5.74) is 0. The summed E-state index contributed by atoms with van der Waals surface area (Å²) in [7, 11) is 0. The maximum absolute atomic E-state index is 12.2. The Bertz CT molecular complexity index is 322. The van der Waals surface area contributed by atoms with Gasteiger partial charge in [0, 0.05) is 5.92 Å². The third-order valence-electron chi connectivity index (χ3n) is 5.09. The van der Waals surface area contributed by atoms with Crippen molar-refractivity contribution in [3.05, 3.63) is 12.2 Å². The van der Waals surface area contributed by atoms with E-state index in [1.165, 1.54) is 64.2 Å². The van der Waals surface area contributed by atoms with Crippen molar-refractivity contribution in [3.8, 4) is 0 Å². The van der Waals surface area contributed by atoms with Crippen LogP contribution >= 0.6 is 0 Å². The van der Waals surface area contributed by atoms with Gasteiger partial charge in [0.1, 0.15) is 6.10 Å². The van der Waals surface area contributed by atoms with Gasteiger partial charge in [-0.1, -0.05) is 76.9 Å². The van der Waals surface area contributed by atoms with E-state index in [0.29, 0.717) is 6.42 Å². The highest BCUT2D eigenvalue weighted by Crippen LogP contribution is 2.17. The number of ketones is 1. The first-order valence-corrected chi connectivity index (χ1v) is 10.1. The molecule has 0 bridgehead atoms. The Morgan fingerprint density at radius 3 is 1.74 bits per heavy atom. The molecule has 0 aromatic heterocycles. The number of hydrogen-bond acceptors (Lipinski definition) is 2. The molecule has 2 heteroatoms. The van der Waals surface area contributed by atoms with Crippen LogP contribution in [0.15, 0.2) is 12.2 Å². The molecule has 0 aliphatic heterocycles. The molecule has 0 spiro atoms. The van der Waals surface area contributed by atoms with Crippen LogP contribution in [0.5, 0.6) is 0 Å². The van der Waals surface area contributed by atoms with Crippen LogP contribution in [0.4, 0.5) is 0 Å². The lowest BCUT2D eigenvalue weighted by molar-refractivity contribution is -0.131. The zero-order valence-corrected chi connectivity index (χ0v) is 15.3. The van der Waals surface area contributed by atoms with Gasteiger partial charge in [0.25, 0.3) is 0 Å². The zero-order chi connectivity index (χ0) is 16.8. The van der Waals surface area contributed by atoms with E-state index in [2.05, 4.69) is 12.2 Å². The maximum atomic E-state index is 12.2. The molecule has 1 aliphatic carbocycles. The van der Waals surface area contributed by atoms with E-state index < -0.39 is 6.10 Å². The highest BCUT2D eigenvalue weighted by Gasteiger charge is 2.20. The zero-order valence-electron chi connectivity index (χ0n) is 15.3. The van der Waals surface area contributed by atoms with Crippen molar-refractivity contribution in [2.45, 2.75) is 109 Å². The Labute approximate surface area is 143 Å². The van der Waals surface area contributed by atoms with E-state index in [1.807, 2.05) is 6.92 Å². The average molecular weight is 323 g/mol. The fourth-order valence-electron chi connectivity index (χ4n) is 3.40. The molecule has 0 aromatic rings. The van der Waals surface area contributed by atoms with Crippen LogP contribution in [0.2, 0.25) is 0 Å². The molecular formula is C21H38O2. The van der Waals surface area contributed by atoms with Gasteiger partial charge in [-0.2, -0.15) is 0 Å². The molecule has 134 valence electrons. The number of allylic oxidation sites excluding steroid dienone is 2. The summed E-state index contributed by atoms with van der Waals surface area (Å²) < 4.78 is 0. The molecule has 0 amide bonds. The third kappa shape index (κ3) is 10.7. The van der Waals surface area contributed by atoms with E-state index in [1.54, 1.807) is 0 Å². The van der Waals surface area contributed by atoms with Crippen LogP contribution in [0.1, 0.15) is 103 Å². The second-order valence-corrected chi connectivity index (χ2v) is 7.33. The summed E-state index contributed by atoms with van der Waals surface area (Å²) in [6, 6.07) is 0. The van der Waals surface area contributed by atoms with Crippen molar-refractivity contribution >= 4 is 5.78 Å². The summed E-state index contributed by atoms with van der Waals surface area (Å²) in [6.45, 7) is 1.99. The minimum Gasteiger partial charge on any atom is -0.385 e. The monoisotopic (exact) mass is 322 g/mol. The van der Waals surface area contributed by atoms with Gasteiger partial charge in [-0.05, 0) is 38.5 Å². The first-order chi connectivity index (χ1) is 11.2. The highest BCUT2D eigenvalue weighted by molar-refractivity contribution is 5.84. The fourth-order valence-corrected chi connectivity index (χ4v) is 3.40. The molecule has 1 N–H and O–H groups in total. The summed E-state index contributed by atoms with van der Waals surface area (Å²) in [5, 5.41) is 10.1. The van der Waals surface area contributed by atoms with E-state index in [4.69, 9.17) is 0 Å². The van der Waals surface area contributed by atoms with Crippen molar-refractivity contribution in [1.29, 1.82) is 0 Å². The van der Waals surface area contributed by atoms with Gasteiger partial charge >= 0.3 is 0 Å². The minimum absolute atomic E-state index is 0.0264. The SMILES string of the molecule is CC1CCCCCCC/C=C\CCCCCCCCC(O)C1=O. The van der Waals surface area contributed by atoms with Crippen molar-refractivity contribution in [2.75, 3.05) is 0 Å². The molecular weight excluding hydrogens is 284 g/mol. The third-order valence-corrected chi connectivity index (χ3v) is 5.09. The summed E-state index contributed by atoms with van der Waals surface area (Å²) in [4.78, 5) is 12.2. The van der Waals surface area contributed by atoms with Crippen molar-refractivity contribution in [3.63, 3.8) is 0 Å². The smallest absolute Gasteiger partial charge is 0.164 e. The number of aliphatic hydroxyl groups is 1. The standard InChI is InChI=1S/C21H38O2/c1-19-17-15-13-11-9-7-5-3-2-4-6-8-10-12-14-16-18-20(22)21(19)23/h2-3,19-20,22H,4-18H2,1H3/b3-2-. The molecule has 0 radical (unpaired) electrons. The number of carbonyl (C=O) groups excluding carboxylic acids is 1. The largest absolute Gasteiger partial charge is 0.385 e. The van der Waals surface area contributed by atoms with Gasteiger partial charge in [0.2, 0.25) is 0 Å². The van der Waals surface area contributed by atoms with E-state index >= 15 is 0 Å². The van der Waals surface area contributed by atoms with Crippen LogP contribution in [-0.2, 0) is 4.79 Å². The summed E-state index contributed by atoms with van der Waals surface area (Å²) >= 11 is 0. The molecule has 0 heterocycles. The Morgan fingerprint density at radius 1 is 0.739 bits per heavy atom. The lowest BCUT2D eigenvalue weighted by Crippen LogP contribution is -2.26. The van der Waals surface area contributed by atoms with E-state index in [-0.39, 0.29) is 11.7 Å². The van der Waals surface area contributed by atoms with Gasteiger partial charge in [-0.15, -0.1) is 0 Å². The summed E-state index contributed by atoms with van der Waals surface area (Å²) in [5.74, 6) is 0.100. The minimum atomic E-state index is -0.722. The van der Waals surface area contributed by atoms with Gasteiger partial charge in [0.15, 0.2) is 5.78 Å². The van der Waals surface area contributed by atoms with Crippen LogP contribution in [-0.4, -0.2) is 17.0 Å². The number of rotatable bonds is 0. The maximum Gasteiger partial charge on any atom is 0.164 e. The normalized spacial score (nSPS) is 29.7. The molecule has 0 fully saturated rings. The topological polar surface area (TPSA) is 37.3 Å². The Hall–Kier alpha value is -0.630. The summed E-state index contributed by atoms with van der Waals surface area (Å²) in [6.07, 6.45) is 21.5. The van der Waals surface area contributed by atoms with E-state index in [0.717, 1.165) is 25.7 Å². The fraction of sp³-hybridized carbons (Fsp3) is 0.857. The second-order valence-electron chi connectivity index (χ2n) is 7.33. The average Bonchev–Trinajstić information content (AvgIpc) is 2.55. The van der Waals surface area contributed by atoms with Gasteiger partial charge in [-0.25, -0.2) is 0 Å². The van der Waals surface area contributed by atoms with Crippen LogP contribution < -0.4 is 0 Å². The number of Topliss-reactive ketones (excluding diaryl/α,β-unsaturated/α-hetero) is 1. The van der Waals surface area contributed by atoms with Crippen LogP contribution in [0.3, 0.4) is 0 Å². The van der Waals surface area contributed by atoms with Crippen molar-refractivity contribution in [2.24, 2.45) is 5.92 Å². The number of carbonyl (C=O) groups is 1. The molecule has 23 heavy (non-hydrogen) atoms. The highest BCUT2D eigenvalue weighted by atomic mass is 16.3. The quantitative estimate of drug-likeness (QED) is 0.557. The van der Waals surface area contributed by atoms with E-state index in [9.17, 15) is 9.90 Å². The Morgan fingerprint density at radius 2 is 1.17 bits per heavy atom. The number of aliphatic hydroxyl groups excluding tert-OH is 1. The molecule has 0 saturated heterocycles. The predicted octanol–water partition coefficient (Wildman–Crippen LogP) is 5.97. The second kappa shape index (κ2) is 13.8. The molecule has 2 atom stereocenters. The molecule has 1 aliphatic rings. The first kappa shape index (κ1) is 20.4. The molecule has 0 aromatic carbocycles. The Kier molecular flexibility index (Phi) is 12.2. The van der Waals surface area contributed by atoms with Crippen molar-refractivity contribution in [1.82, 2.24) is 0 Å². The number of hydrogen-bond donors (Lipinski definition) is 1. The van der Waals surface area contributed by atoms with Gasteiger partial charge < -0.3 is 5.11 Å². The lowest BCUT2D eigenvalue weighted by atomic mass is 9.92. The lowest BCUT2D eigenvalue weighted by Gasteiger charge is -2.15. The molecule has 2 nitrogen and oxygen atoms in total. The van der Waals surface area contributed by atoms with Crippen molar-refractivity contribution < 1.29 is 9.90 Å².